The molecule has 2 heterocycles. The van der Waals surface area contributed by atoms with Gasteiger partial charge in [0.05, 0.1) is 18.6 Å². The lowest BCUT2D eigenvalue weighted by atomic mass is 10.1. The highest BCUT2D eigenvalue weighted by Crippen LogP contribution is 2.28. The average Bonchev–Trinajstić information content (AvgIpc) is 3.31. The van der Waals surface area contributed by atoms with Crippen LogP contribution in [0.5, 0.6) is 5.75 Å². The number of thioether (sulfide) groups is 1. The molecule has 0 aliphatic carbocycles. The minimum Gasteiger partial charge on any atom is -0.497 e. The highest BCUT2D eigenvalue weighted by molar-refractivity contribution is 7.99. The maximum atomic E-state index is 13.7. The van der Waals surface area contributed by atoms with Gasteiger partial charge in [-0.05, 0) is 41.8 Å². The van der Waals surface area contributed by atoms with Gasteiger partial charge in [-0.2, -0.15) is 0 Å². The zero-order valence-corrected chi connectivity index (χ0v) is 20.7. The van der Waals surface area contributed by atoms with Crippen LogP contribution in [-0.4, -0.2) is 33.3 Å². The molecular weight excluding hydrogens is 484 g/mol. The first kappa shape index (κ1) is 22.9. The Bertz CT molecular complexity index is 1840. The van der Waals surface area contributed by atoms with Crippen molar-refractivity contribution in [2.45, 2.75) is 5.16 Å². The number of anilines is 1. The number of fused-ring (bicyclic) bond motifs is 4. The molecule has 6 aromatic rings. The molecule has 8 heteroatoms. The van der Waals surface area contributed by atoms with Gasteiger partial charge in [0.2, 0.25) is 5.91 Å². The van der Waals surface area contributed by atoms with E-state index in [9.17, 15) is 9.59 Å². The number of H-pyrrole nitrogens is 1. The predicted molar refractivity (Wildman–Crippen MR) is 149 cm³/mol. The van der Waals surface area contributed by atoms with Crippen molar-refractivity contribution in [1.29, 1.82) is 0 Å². The number of aromatic nitrogens is 3. The number of ether oxygens (including phenoxy) is 1. The van der Waals surface area contributed by atoms with Crippen molar-refractivity contribution in [2.24, 2.45) is 0 Å². The normalized spacial score (nSPS) is 11.3. The molecular formula is C29H22N4O3S. The monoisotopic (exact) mass is 506 g/mol. The van der Waals surface area contributed by atoms with Crippen LogP contribution in [0, 0.1) is 0 Å². The summed E-state index contributed by atoms with van der Waals surface area (Å²) >= 11 is 1.22. The van der Waals surface area contributed by atoms with Gasteiger partial charge in [-0.1, -0.05) is 66.4 Å². The number of methoxy groups -OCH3 is 1. The van der Waals surface area contributed by atoms with E-state index in [1.807, 2.05) is 66.7 Å². The Morgan fingerprint density at radius 1 is 0.946 bits per heavy atom. The maximum Gasteiger partial charge on any atom is 0.283 e. The number of benzene rings is 4. The van der Waals surface area contributed by atoms with Crippen LogP contribution in [0.25, 0.3) is 38.4 Å². The van der Waals surface area contributed by atoms with Crippen molar-refractivity contribution >= 4 is 56.1 Å². The van der Waals surface area contributed by atoms with Gasteiger partial charge in [0.1, 0.15) is 16.8 Å². The Morgan fingerprint density at radius 3 is 2.49 bits per heavy atom. The predicted octanol–water partition coefficient (Wildman–Crippen LogP) is 5.76. The molecule has 37 heavy (non-hydrogen) atoms. The fourth-order valence-electron chi connectivity index (χ4n) is 4.45. The summed E-state index contributed by atoms with van der Waals surface area (Å²) in [6.07, 6.45) is 0. The largest absolute Gasteiger partial charge is 0.497 e. The molecule has 0 unspecified atom stereocenters. The molecule has 182 valence electrons. The smallest absolute Gasteiger partial charge is 0.283 e. The number of carbonyl (C=O) groups excluding carboxylic acids is 1. The molecule has 1 amide bonds. The highest BCUT2D eigenvalue weighted by Gasteiger charge is 2.18. The molecule has 0 radical (unpaired) electrons. The lowest BCUT2D eigenvalue weighted by molar-refractivity contribution is -0.113. The van der Waals surface area contributed by atoms with E-state index in [1.54, 1.807) is 31.4 Å². The van der Waals surface area contributed by atoms with Crippen LogP contribution in [-0.2, 0) is 4.79 Å². The van der Waals surface area contributed by atoms with Crippen LogP contribution < -0.4 is 15.6 Å². The van der Waals surface area contributed by atoms with E-state index in [4.69, 9.17) is 9.72 Å². The van der Waals surface area contributed by atoms with Crippen molar-refractivity contribution in [1.82, 2.24) is 14.5 Å². The molecule has 2 aromatic heterocycles. The number of rotatable bonds is 6. The molecule has 0 atom stereocenters. The lowest BCUT2D eigenvalue weighted by Gasteiger charge is -2.13. The molecule has 4 aromatic carbocycles. The second-order valence-corrected chi connectivity index (χ2v) is 9.43. The van der Waals surface area contributed by atoms with Crippen molar-refractivity contribution < 1.29 is 9.53 Å². The van der Waals surface area contributed by atoms with Crippen LogP contribution in [0.4, 0.5) is 5.69 Å². The standard InChI is InChI=1S/C29H22N4O3S/c1-36-20-15-13-19(14-16-20)33-28(35)27-26(22-10-4-5-11-24(22)31-27)32-29(33)37-17-25(34)30-23-12-6-8-18-7-2-3-9-21(18)23/h2-16,31H,17H2,1H3,(H,30,34). The summed E-state index contributed by atoms with van der Waals surface area (Å²) in [7, 11) is 1.59. The summed E-state index contributed by atoms with van der Waals surface area (Å²) in [6, 6.07) is 28.6. The van der Waals surface area contributed by atoms with Crippen molar-refractivity contribution in [3.05, 3.63) is 101 Å². The van der Waals surface area contributed by atoms with Gasteiger partial charge in [0, 0.05) is 22.0 Å². The van der Waals surface area contributed by atoms with Crippen LogP contribution in [0.1, 0.15) is 0 Å². The molecule has 0 aliphatic rings. The number of hydrogen-bond donors (Lipinski definition) is 2. The summed E-state index contributed by atoms with van der Waals surface area (Å²) < 4.78 is 6.81. The van der Waals surface area contributed by atoms with Gasteiger partial charge >= 0.3 is 0 Å². The Balaban J connectivity index is 1.38. The number of aromatic amines is 1. The van der Waals surface area contributed by atoms with Crippen molar-refractivity contribution in [2.75, 3.05) is 18.2 Å². The molecule has 7 nitrogen and oxygen atoms in total. The van der Waals surface area contributed by atoms with Gasteiger partial charge in [0.25, 0.3) is 5.56 Å². The molecule has 0 aliphatic heterocycles. The molecule has 0 saturated heterocycles. The van der Waals surface area contributed by atoms with E-state index in [0.717, 1.165) is 27.4 Å². The van der Waals surface area contributed by atoms with Crippen LogP contribution in [0.3, 0.4) is 0 Å². The molecule has 6 rings (SSSR count). The second-order valence-electron chi connectivity index (χ2n) is 8.49. The van der Waals surface area contributed by atoms with E-state index >= 15 is 0 Å². The number of nitrogens with zero attached hydrogens (tertiary/aromatic N) is 2. The first-order chi connectivity index (χ1) is 18.1. The van der Waals surface area contributed by atoms with Gasteiger partial charge in [-0.15, -0.1) is 0 Å². The number of para-hydroxylation sites is 1. The Labute approximate surface area is 216 Å². The van der Waals surface area contributed by atoms with E-state index in [0.29, 0.717) is 27.6 Å². The first-order valence-corrected chi connectivity index (χ1v) is 12.7. The fraction of sp³-hybridized carbons (Fsp3) is 0.0690. The van der Waals surface area contributed by atoms with E-state index in [-0.39, 0.29) is 17.2 Å². The summed E-state index contributed by atoms with van der Waals surface area (Å²) in [5.74, 6) is 0.579. The Hall–Kier alpha value is -4.56. The zero-order chi connectivity index (χ0) is 25.4. The SMILES string of the molecule is COc1ccc(-n2c(SCC(=O)Nc3cccc4ccccc34)nc3c([nH]c4ccccc43)c2=O)cc1. The molecule has 0 fully saturated rings. The highest BCUT2D eigenvalue weighted by atomic mass is 32.2. The summed E-state index contributed by atoms with van der Waals surface area (Å²) in [6.45, 7) is 0. The topological polar surface area (TPSA) is 89.0 Å². The number of carbonyl (C=O) groups is 1. The summed E-state index contributed by atoms with van der Waals surface area (Å²) in [4.78, 5) is 34.8. The first-order valence-electron chi connectivity index (χ1n) is 11.7. The second kappa shape index (κ2) is 9.48. The number of hydrogen-bond acceptors (Lipinski definition) is 5. The third-order valence-electron chi connectivity index (χ3n) is 6.22. The maximum absolute atomic E-state index is 13.7. The van der Waals surface area contributed by atoms with Crippen LogP contribution in [0.15, 0.2) is 101 Å². The van der Waals surface area contributed by atoms with Crippen LogP contribution >= 0.6 is 11.8 Å². The van der Waals surface area contributed by atoms with Crippen molar-refractivity contribution in [3.63, 3.8) is 0 Å². The molecule has 0 spiro atoms. The average molecular weight is 507 g/mol. The van der Waals surface area contributed by atoms with E-state index in [1.165, 1.54) is 16.3 Å². The van der Waals surface area contributed by atoms with E-state index in [2.05, 4.69) is 10.3 Å². The van der Waals surface area contributed by atoms with E-state index < -0.39 is 0 Å². The van der Waals surface area contributed by atoms with Gasteiger partial charge in [0.15, 0.2) is 5.16 Å². The fourth-order valence-corrected chi connectivity index (χ4v) is 5.25. The summed E-state index contributed by atoms with van der Waals surface area (Å²) in [5.41, 5.74) is 2.98. The minimum absolute atomic E-state index is 0.0830. The Morgan fingerprint density at radius 2 is 1.68 bits per heavy atom. The molecule has 0 bridgehead atoms. The quantitative estimate of drug-likeness (QED) is 0.222. The van der Waals surface area contributed by atoms with Gasteiger partial charge in [-0.25, -0.2) is 4.98 Å². The van der Waals surface area contributed by atoms with Gasteiger partial charge < -0.3 is 15.0 Å². The van der Waals surface area contributed by atoms with Crippen LogP contribution in [0.2, 0.25) is 0 Å². The third kappa shape index (κ3) is 4.21. The Kier molecular flexibility index (Phi) is 5.86. The number of nitrogens with one attached hydrogen (secondary N) is 2. The summed E-state index contributed by atoms with van der Waals surface area (Å²) in [5, 5.41) is 6.32. The van der Waals surface area contributed by atoms with Crippen molar-refractivity contribution in [3.8, 4) is 11.4 Å². The zero-order valence-electron chi connectivity index (χ0n) is 19.9. The lowest BCUT2D eigenvalue weighted by Crippen LogP contribution is -2.23. The number of amides is 1. The minimum atomic E-state index is -0.233. The van der Waals surface area contributed by atoms with Gasteiger partial charge in [-0.3, -0.25) is 14.2 Å². The molecule has 2 N–H and O–H groups in total. The molecule has 0 saturated carbocycles. The third-order valence-corrected chi connectivity index (χ3v) is 7.16.